The van der Waals surface area contributed by atoms with Gasteiger partial charge in [0.2, 0.25) is 11.8 Å². The molecule has 1 heterocycles. The SMILES string of the molecule is COCCC(=O)N1CCNC(=O)CC1. The van der Waals surface area contributed by atoms with Crippen molar-refractivity contribution in [2.45, 2.75) is 12.8 Å². The van der Waals surface area contributed by atoms with E-state index in [9.17, 15) is 9.59 Å². The Balaban J connectivity index is 2.35. The highest BCUT2D eigenvalue weighted by Gasteiger charge is 2.17. The number of nitrogens with zero attached hydrogens (tertiary/aromatic N) is 1. The van der Waals surface area contributed by atoms with Crippen LogP contribution in [-0.2, 0) is 14.3 Å². The van der Waals surface area contributed by atoms with Gasteiger partial charge in [0, 0.05) is 33.2 Å². The average molecular weight is 200 g/mol. The monoisotopic (exact) mass is 200 g/mol. The number of ether oxygens (including phenoxy) is 1. The minimum atomic E-state index is 0.0204. The number of carbonyl (C=O) groups excluding carboxylic acids is 2. The van der Waals surface area contributed by atoms with E-state index >= 15 is 0 Å². The fourth-order valence-electron chi connectivity index (χ4n) is 1.36. The van der Waals surface area contributed by atoms with Gasteiger partial charge in [0.15, 0.2) is 0 Å². The molecule has 0 atom stereocenters. The van der Waals surface area contributed by atoms with Crippen molar-refractivity contribution < 1.29 is 14.3 Å². The number of amides is 2. The number of hydrogen-bond donors (Lipinski definition) is 1. The summed E-state index contributed by atoms with van der Waals surface area (Å²) in [6.45, 7) is 2.12. The molecule has 1 rings (SSSR count). The van der Waals surface area contributed by atoms with Gasteiger partial charge in [0.1, 0.15) is 0 Å². The lowest BCUT2D eigenvalue weighted by atomic mass is 10.3. The van der Waals surface area contributed by atoms with Crippen molar-refractivity contribution >= 4 is 11.8 Å². The van der Waals surface area contributed by atoms with E-state index in [1.165, 1.54) is 0 Å². The van der Waals surface area contributed by atoms with Crippen LogP contribution in [0.4, 0.5) is 0 Å². The molecule has 5 nitrogen and oxygen atoms in total. The van der Waals surface area contributed by atoms with E-state index in [1.807, 2.05) is 0 Å². The summed E-state index contributed by atoms with van der Waals surface area (Å²) in [5.74, 6) is 0.0791. The smallest absolute Gasteiger partial charge is 0.224 e. The molecule has 1 N–H and O–H groups in total. The van der Waals surface area contributed by atoms with Crippen LogP contribution < -0.4 is 5.32 Å². The summed E-state index contributed by atoms with van der Waals surface area (Å²) >= 11 is 0. The predicted octanol–water partition coefficient (Wildman–Crippen LogP) is -0.629. The highest BCUT2D eigenvalue weighted by Crippen LogP contribution is 1.99. The minimum Gasteiger partial charge on any atom is -0.384 e. The summed E-state index contributed by atoms with van der Waals surface area (Å²) in [6.07, 6.45) is 0.795. The number of methoxy groups -OCH3 is 1. The number of nitrogens with one attached hydrogen (secondary N) is 1. The van der Waals surface area contributed by atoms with Crippen molar-refractivity contribution in [2.75, 3.05) is 33.4 Å². The van der Waals surface area contributed by atoms with Crippen LogP contribution in [-0.4, -0.2) is 50.1 Å². The summed E-state index contributed by atoms with van der Waals surface area (Å²) in [5, 5.41) is 2.72. The Morgan fingerprint density at radius 3 is 3.07 bits per heavy atom. The Morgan fingerprint density at radius 1 is 1.57 bits per heavy atom. The molecule has 0 aliphatic carbocycles. The maximum Gasteiger partial charge on any atom is 0.224 e. The van der Waals surface area contributed by atoms with Gasteiger partial charge in [0.05, 0.1) is 13.0 Å². The zero-order valence-electron chi connectivity index (χ0n) is 8.41. The fraction of sp³-hybridized carbons (Fsp3) is 0.778. The summed E-state index contributed by atoms with van der Waals surface area (Å²) in [6, 6.07) is 0. The van der Waals surface area contributed by atoms with Crippen LogP contribution in [0.15, 0.2) is 0 Å². The third kappa shape index (κ3) is 3.33. The molecule has 1 aliphatic heterocycles. The van der Waals surface area contributed by atoms with Crippen LogP contribution in [0, 0.1) is 0 Å². The van der Waals surface area contributed by atoms with Crippen molar-refractivity contribution in [3.8, 4) is 0 Å². The van der Waals surface area contributed by atoms with E-state index in [4.69, 9.17) is 4.74 Å². The van der Waals surface area contributed by atoms with Gasteiger partial charge < -0.3 is 15.0 Å². The third-order valence-electron chi connectivity index (χ3n) is 2.19. The topological polar surface area (TPSA) is 58.6 Å². The van der Waals surface area contributed by atoms with Gasteiger partial charge in [-0.1, -0.05) is 0 Å². The maximum atomic E-state index is 11.5. The van der Waals surface area contributed by atoms with Gasteiger partial charge in [-0.2, -0.15) is 0 Å². The predicted molar refractivity (Wildman–Crippen MR) is 50.7 cm³/mol. The second-order valence-electron chi connectivity index (χ2n) is 3.22. The number of hydrogen-bond acceptors (Lipinski definition) is 3. The first-order valence-electron chi connectivity index (χ1n) is 4.77. The third-order valence-corrected chi connectivity index (χ3v) is 2.19. The highest BCUT2D eigenvalue weighted by molar-refractivity contribution is 5.80. The molecule has 1 saturated heterocycles. The van der Waals surface area contributed by atoms with Gasteiger partial charge in [-0.15, -0.1) is 0 Å². The molecule has 0 spiro atoms. The molecule has 0 aromatic carbocycles. The van der Waals surface area contributed by atoms with Gasteiger partial charge >= 0.3 is 0 Å². The maximum absolute atomic E-state index is 11.5. The zero-order valence-corrected chi connectivity index (χ0v) is 8.41. The Hall–Kier alpha value is -1.10. The molecule has 0 unspecified atom stereocenters. The first kappa shape index (κ1) is 11.0. The van der Waals surface area contributed by atoms with E-state index in [-0.39, 0.29) is 11.8 Å². The molecule has 0 aromatic rings. The van der Waals surface area contributed by atoms with E-state index in [1.54, 1.807) is 12.0 Å². The van der Waals surface area contributed by atoms with Gasteiger partial charge in [0.25, 0.3) is 0 Å². The van der Waals surface area contributed by atoms with Gasteiger partial charge in [-0.25, -0.2) is 0 Å². The fourth-order valence-corrected chi connectivity index (χ4v) is 1.36. The molecular formula is C9H16N2O3. The van der Waals surface area contributed by atoms with Crippen molar-refractivity contribution in [3.63, 3.8) is 0 Å². The molecule has 0 saturated carbocycles. The molecule has 1 aliphatic rings. The summed E-state index contributed by atoms with van der Waals surface area (Å²) < 4.78 is 4.83. The van der Waals surface area contributed by atoms with E-state index in [2.05, 4.69) is 5.32 Å². The summed E-state index contributed by atoms with van der Waals surface area (Å²) in [4.78, 5) is 24.2. The highest BCUT2D eigenvalue weighted by atomic mass is 16.5. The first-order valence-corrected chi connectivity index (χ1v) is 4.77. The molecular weight excluding hydrogens is 184 g/mol. The Bertz CT molecular complexity index is 218. The van der Waals surface area contributed by atoms with Crippen LogP contribution in [0.25, 0.3) is 0 Å². The average Bonchev–Trinajstić information content (AvgIpc) is 2.39. The number of carbonyl (C=O) groups is 2. The quantitative estimate of drug-likeness (QED) is 0.660. The van der Waals surface area contributed by atoms with Crippen LogP contribution in [0.1, 0.15) is 12.8 Å². The van der Waals surface area contributed by atoms with Crippen LogP contribution >= 0.6 is 0 Å². The normalized spacial score (nSPS) is 17.5. The van der Waals surface area contributed by atoms with Crippen LogP contribution in [0.3, 0.4) is 0 Å². The van der Waals surface area contributed by atoms with Gasteiger partial charge in [-0.3, -0.25) is 9.59 Å². The van der Waals surface area contributed by atoms with Crippen molar-refractivity contribution in [1.82, 2.24) is 10.2 Å². The largest absolute Gasteiger partial charge is 0.384 e. The van der Waals surface area contributed by atoms with Crippen molar-refractivity contribution in [2.24, 2.45) is 0 Å². The lowest BCUT2D eigenvalue weighted by Crippen LogP contribution is -2.34. The Labute approximate surface area is 83.4 Å². The first-order chi connectivity index (χ1) is 6.74. The van der Waals surface area contributed by atoms with Crippen LogP contribution in [0.2, 0.25) is 0 Å². The second kappa shape index (κ2) is 5.59. The summed E-state index contributed by atoms with van der Waals surface area (Å²) in [5.41, 5.74) is 0. The molecule has 0 aromatic heterocycles. The Morgan fingerprint density at radius 2 is 2.36 bits per heavy atom. The Kier molecular flexibility index (Phi) is 4.39. The molecule has 2 amide bonds. The molecule has 1 fully saturated rings. The molecule has 0 radical (unpaired) electrons. The van der Waals surface area contributed by atoms with Crippen molar-refractivity contribution in [1.29, 1.82) is 0 Å². The van der Waals surface area contributed by atoms with E-state index < -0.39 is 0 Å². The molecule has 5 heteroatoms. The molecule has 80 valence electrons. The second-order valence-corrected chi connectivity index (χ2v) is 3.22. The molecule has 14 heavy (non-hydrogen) atoms. The van der Waals surface area contributed by atoms with Gasteiger partial charge in [-0.05, 0) is 0 Å². The van der Waals surface area contributed by atoms with Crippen molar-refractivity contribution in [3.05, 3.63) is 0 Å². The standard InChI is InChI=1S/C9H16N2O3/c1-14-7-3-9(13)11-5-2-8(12)10-4-6-11/h2-7H2,1H3,(H,10,12). The lowest BCUT2D eigenvalue weighted by molar-refractivity contribution is -0.132. The summed E-state index contributed by atoms with van der Waals surface area (Å²) in [7, 11) is 1.57. The zero-order chi connectivity index (χ0) is 10.4. The van der Waals surface area contributed by atoms with E-state index in [0.717, 1.165) is 0 Å². The van der Waals surface area contributed by atoms with Crippen LogP contribution in [0.5, 0.6) is 0 Å². The molecule has 0 bridgehead atoms. The number of rotatable bonds is 3. The van der Waals surface area contributed by atoms with E-state index in [0.29, 0.717) is 39.1 Å². The lowest BCUT2D eigenvalue weighted by Gasteiger charge is -2.18. The minimum absolute atomic E-state index is 0.0204.